The fourth-order valence-corrected chi connectivity index (χ4v) is 5.12. The number of nitrogens with zero attached hydrogens (tertiary/aromatic N) is 2. The summed E-state index contributed by atoms with van der Waals surface area (Å²) >= 11 is 2.07. The SMILES string of the molecule is CCN(C)CC1(c2ccc(OCCCN3CCSCC3)cc2)CCOCC1. The van der Waals surface area contributed by atoms with Crippen LogP contribution in [0.3, 0.4) is 0 Å². The van der Waals surface area contributed by atoms with E-state index >= 15 is 0 Å². The van der Waals surface area contributed by atoms with Gasteiger partial charge in [0.2, 0.25) is 0 Å². The summed E-state index contributed by atoms with van der Waals surface area (Å²) in [6, 6.07) is 8.89. The molecule has 2 aliphatic rings. The Labute approximate surface area is 169 Å². The maximum absolute atomic E-state index is 6.01. The lowest BCUT2D eigenvalue weighted by Gasteiger charge is -2.40. The fourth-order valence-electron chi connectivity index (χ4n) is 4.14. The molecule has 0 unspecified atom stereocenters. The van der Waals surface area contributed by atoms with E-state index in [4.69, 9.17) is 9.47 Å². The number of hydrogen-bond acceptors (Lipinski definition) is 5. The summed E-state index contributed by atoms with van der Waals surface area (Å²) < 4.78 is 11.7. The van der Waals surface area contributed by atoms with Gasteiger partial charge >= 0.3 is 0 Å². The standard InChI is InChI=1S/C22H36N2O2S/c1-3-23(2)19-22(9-15-25-16-10-22)20-5-7-21(8-6-20)26-14-4-11-24-12-17-27-18-13-24/h5-8H,3-4,9-19H2,1-2H3. The van der Waals surface area contributed by atoms with E-state index in [1.165, 1.54) is 30.2 Å². The van der Waals surface area contributed by atoms with Gasteiger partial charge < -0.3 is 19.3 Å². The van der Waals surface area contributed by atoms with Gasteiger partial charge in [-0.25, -0.2) is 0 Å². The molecule has 2 fully saturated rings. The first-order chi connectivity index (χ1) is 13.2. The zero-order valence-corrected chi connectivity index (χ0v) is 17.9. The molecule has 0 saturated carbocycles. The van der Waals surface area contributed by atoms with E-state index in [-0.39, 0.29) is 5.41 Å². The molecule has 0 aliphatic carbocycles. The minimum atomic E-state index is 0.216. The molecule has 0 radical (unpaired) electrons. The monoisotopic (exact) mass is 392 g/mol. The average Bonchev–Trinajstić information content (AvgIpc) is 2.73. The molecule has 0 bridgehead atoms. The van der Waals surface area contributed by atoms with Crippen molar-refractivity contribution in [1.29, 1.82) is 0 Å². The van der Waals surface area contributed by atoms with Crippen LogP contribution in [-0.4, -0.2) is 80.9 Å². The summed E-state index contributed by atoms with van der Waals surface area (Å²) in [6.07, 6.45) is 3.31. The second kappa shape index (κ2) is 10.7. The summed E-state index contributed by atoms with van der Waals surface area (Å²) in [5.74, 6) is 3.56. The van der Waals surface area contributed by atoms with E-state index in [2.05, 4.69) is 59.8 Å². The molecule has 2 saturated heterocycles. The van der Waals surface area contributed by atoms with Gasteiger partial charge in [0, 0.05) is 56.3 Å². The van der Waals surface area contributed by atoms with Gasteiger partial charge in [0.25, 0.3) is 0 Å². The summed E-state index contributed by atoms with van der Waals surface area (Å²) in [7, 11) is 2.22. The van der Waals surface area contributed by atoms with Crippen LogP contribution in [0, 0.1) is 0 Å². The highest BCUT2D eigenvalue weighted by Gasteiger charge is 2.35. The van der Waals surface area contributed by atoms with Crippen molar-refractivity contribution in [2.75, 3.05) is 71.1 Å². The van der Waals surface area contributed by atoms with Gasteiger partial charge in [-0.05, 0) is 50.6 Å². The third-order valence-corrected chi connectivity index (χ3v) is 6.96. The molecule has 2 aliphatic heterocycles. The average molecular weight is 393 g/mol. The molecular formula is C22H36N2O2S. The Bertz CT molecular complexity index is 540. The maximum atomic E-state index is 6.01. The van der Waals surface area contributed by atoms with Gasteiger partial charge in [0.1, 0.15) is 5.75 Å². The molecule has 2 heterocycles. The van der Waals surface area contributed by atoms with Crippen LogP contribution in [0.1, 0.15) is 31.7 Å². The highest BCUT2D eigenvalue weighted by Crippen LogP contribution is 2.36. The Morgan fingerprint density at radius 1 is 1.15 bits per heavy atom. The Morgan fingerprint density at radius 3 is 2.52 bits per heavy atom. The van der Waals surface area contributed by atoms with Crippen molar-refractivity contribution in [3.8, 4) is 5.75 Å². The molecule has 0 spiro atoms. The van der Waals surface area contributed by atoms with Crippen LogP contribution >= 0.6 is 11.8 Å². The first-order valence-electron chi connectivity index (χ1n) is 10.5. The van der Waals surface area contributed by atoms with Crippen molar-refractivity contribution in [2.45, 2.75) is 31.6 Å². The summed E-state index contributed by atoms with van der Waals surface area (Å²) in [5.41, 5.74) is 1.65. The molecule has 27 heavy (non-hydrogen) atoms. The lowest BCUT2D eigenvalue weighted by atomic mass is 9.73. The van der Waals surface area contributed by atoms with E-state index in [1.807, 2.05) is 0 Å². The molecule has 5 heteroatoms. The van der Waals surface area contributed by atoms with E-state index in [9.17, 15) is 0 Å². The van der Waals surface area contributed by atoms with E-state index in [0.717, 1.165) is 64.5 Å². The second-order valence-corrected chi connectivity index (χ2v) is 9.13. The predicted molar refractivity (Wildman–Crippen MR) is 115 cm³/mol. The third kappa shape index (κ3) is 6.11. The first-order valence-corrected chi connectivity index (χ1v) is 11.7. The lowest BCUT2D eigenvalue weighted by Crippen LogP contribution is -2.43. The van der Waals surface area contributed by atoms with Crippen molar-refractivity contribution in [2.24, 2.45) is 0 Å². The van der Waals surface area contributed by atoms with Crippen LogP contribution in [0.25, 0.3) is 0 Å². The maximum Gasteiger partial charge on any atom is 0.119 e. The van der Waals surface area contributed by atoms with Gasteiger partial charge in [-0.2, -0.15) is 11.8 Å². The van der Waals surface area contributed by atoms with E-state index in [0.29, 0.717) is 0 Å². The summed E-state index contributed by atoms with van der Waals surface area (Å²) in [4.78, 5) is 4.98. The van der Waals surface area contributed by atoms with Gasteiger partial charge in [-0.15, -0.1) is 0 Å². The number of thioether (sulfide) groups is 1. The number of rotatable bonds is 9. The van der Waals surface area contributed by atoms with Crippen molar-refractivity contribution in [3.05, 3.63) is 29.8 Å². The largest absolute Gasteiger partial charge is 0.494 e. The predicted octanol–water partition coefficient (Wildman–Crippen LogP) is 3.50. The van der Waals surface area contributed by atoms with Crippen LogP contribution < -0.4 is 4.74 Å². The molecule has 0 N–H and O–H groups in total. The van der Waals surface area contributed by atoms with Gasteiger partial charge in [0.15, 0.2) is 0 Å². The van der Waals surface area contributed by atoms with Crippen LogP contribution in [-0.2, 0) is 10.2 Å². The summed E-state index contributed by atoms with van der Waals surface area (Å²) in [5, 5.41) is 0. The highest BCUT2D eigenvalue weighted by molar-refractivity contribution is 7.99. The summed E-state index contributed by atoms with van der Waals surface area (Å²) in [6.45, 7) is 10.6. The van der Waals surface area contributed by atoms with Gasteiger partial charge in [0.05, 0.1) is 6.61 Å². The smallest absolute Gasteiger partial charge is 0.119 e. The normalized spacial score (nSPS) is 20.7. The minimum absolute atomic E-state index is 0.216. The molecule has 1 aromatic carbocycles. The van der Waals surface area contributed by atoms with E-state index in [1.54, 1.807) is 0 Å². The van der Waals surface area contributed by atoms with Gasteiger partial charge in [-0.3, -0.25) is 0 Å². The number of likely N-dealkylation sites (N-methyl/N-ethyl adjacent to an activating group) is 1. The number of ether oxygens (including phenoxy) is 2. The molecule has 3 rings (SSSR count). The molecular weight excluding hydrogens is 356 g/mol. The van der Waals surface area contributed by atoms with Crippen molar-refractivity contribution < 1.29 is 9.47 Å². The van der Waals surface area contributed by atoms with Crippen molar-refractivity contribution in [3.63, 3.8) is 0 Å². The Morgan fingerprint density at radius 2 is 1.85 bits per heavy atom. The van der Waals surface area contributed by atoms with Crippen LogP contribution in [0.15, 0.2) is 24.3 Å². The quantitative estimate of drug-likeness (QED) is 0.599. The Kier molecular flexibility index (Phi) is 8.31. The minimum Gasteiger partial charge on any atom is -0.494 e. The molecule has 0 amide bonds. The molecule has 1 aromatic rings. The topological polar surface area (TPSA) is 24.9 Å². The second-order valence-electron chi connectivity index (χ2n) is 7.90. The van der Waals surface area contributed by atoms with Crippen molar-refractivity contribution >= 4 is 11.8 Å². The van der Waals surface area contributed by atoms with Crippen LogP contribution in [0.2, 0.25) is 0 Å². The highest BCUT2D eigenvalue weighted by atomic mass is 32.2. The third-order valence-electron chi connectivity index (χ3n) is 6.02. The zero-order valence-electron chi connectivity index (χ0n) is 17.1. The van der Waals surface area contributed by atoms with Crippen LogP contribution in [0.5, 0.6) is 5.75 Å². The number of benzene rings is 1. The first kappa shape index (κ1) is 21.0. The molecule has 4 nitrogen and oxygen atoms in total. The molecule has 152 valence electrons. The Balaban J connectivity index is 1.51. The van der Waals surface area contributed by atoms with Crippen molar-refractivity contribution in [1.82, 2.24) is 9.80 Å². The van der Waals surface area contributed by atoms with Crippen LogP contribution in [0.4, 0.5) is 0 Å². The fraction of sp³-hybridized carbons (Fsp3) is 0.727. The molecule has 0 aromatic heterocycles. The van der Waals surface area contributed by atoms with Gasteiger partial charge in [-0.1, -0.05) is 19.1 Å². The zero-order chi connectivity index (χ0) is 19.0. The Hall–Kier alpha value is -0.750. The number of hydrogen-bond donors (Lipinski definition) is 0. The lowest BCUT2D eigenvalue weighted by molar-refractivity contribution is 0.0379. The molecule has 0 atom stereocenters. The van der Waals surface area contributed by atoms with E-state index < -0.39 is 0 Å².